The lowest BCUT2D eigenvalue weighted by Gasteiger charge is -2.22. The highest BCUT2D eigenvalue weighted by Gasteiger charge is 2.24. The van der Waals surface area contributed by atoms with Gasteiger partial charge in [0.25, 0.3) is 0 Å². The van der Waals surface area contributed by atoms with E-state index in [1.165, 1.54) is 7.11 Å². The van der Waals surface area contributed by atoms with Gasteiger partial charge < -0.3 is 14.2 Å². The van der Waals surface area contributed by atoms with Crippen molar-refractivity contribution in [3.05, 3.63) is 16.1 Å². The Kier molecular flexibility index (Phi) is 3.93. The predicted octanol–water partition coefficient (Wildman–Crippen LogP) is 2.30. The van der Waals surface area contributed by atoms with Gasteiger partial charge in [0.1, 0.15) is 23.4 Å². The third kappa shape index (κ3) is 2.84. The first-order chi connectivity index (χ1) is 8.42. The van der Waals surface area contributed by atoms with E-state index >= 15 is 0 Å². The molecule has 0 spiro atoms. The van der Waals surface area contributed by atoms with Gasteiger partial charge in [0, 0.05) is 16.2 Å². The zero-order valence-corrected chi connectivity index (χ0v) is 12.6. The van der Waals surface area contributed by atoms with Crippen molar-refractivity contribution in [3.63, 3.8) is 0 Å². The van der Waals surface area contributed by atoms with Gasteiger partial charge in [-0.3, -0.25) is 0 Å². The molecule has 8 heteroatoms. The summed E-state index contributed by atoms with van der Waals surface area (Å²) >= 11 is 3.32. The van der Waals surface area contributed by atoms with Gasteiger partial charge >= 0.3 is 0 Å². The maximum Gasteiger partial charge on any atom is 0.236 e. The normalized spacial score (nSPS) is 14.4. The first-order valence-electron chi connectivity index (χ1n) is 4.99. The van der Waals surface area contributed by atoms with Crippen LogP contribution in [0.4, 0.5) is 0 Å². The molecule has 18 heavy (non-hydrogen) atoms. The van der Waals surface area contributed by atoms with Crippen molar-refractivity contribution in [2.45, 2.75) is 5.75 Å². The molecule has 2 rings (SSSR count). The van der Waals surface area contributed by atoms with E-state index in [1.807, 2.05) is 0 Å². The maximum absolute atomic E-state index is 11.2. The molecule has 0 unspecified atom stereocenters. The Hall–Kier alpha value is -0.660. The van der Waals surface area contributed by atoms with Crippen LogP contribution in [0, 0.1) is 0 Å². The topological polar surface area (TPSA) is 61.8 Å². The van der Waals surface area contributed by atoms with Crippen LogP contribution < -0.4 is 14.2 Å². The van der Waals surface area contributed by atoms with E-state index < -0.39 is 9.05 Å². The molecule has 1 heterocycles. The summed E-state index contributed by atoms with van der Waals surface area (Å²) in [5.41, 5.74) is 0.420. The van der Waals surface area contributed by atoms with Crippen LogP contribution in [-0.2, 0) is 14.8 Å². The van der Waals surface area contributed by atoms with E-state index in [-0.39, 0.29) is 5.75 Å². The number of rotatable bonds is 3. The van der Waals surface area contributed by atoms with Gasteiger partial charge in [-0.1, -0.05) is 0 Å². The average Bonchev–Trinajstić information content (AvgIpc) is 2.27. The van der Waals surface area contributed by atoms with Gasteiger partial charge in [-0.2, -0.15) is 0 Å². The standard InChI is InChI=1S/C10H10BrClO5S/c1-15-9-6(5-18(12,13)14)4-7-10(8(9)11)17-3-2-16-7/h4H,2-3,5H2,1H3. The number of halogens is 2. The molecule has 0 bridgehead atoms. The van der Waals surface area contributed by atoms with Crippen molar-refractivity contribution in [2.24, 2.45) is 0 Å². The van der Waals surface area contributed by atoms with Crippen LogP contribution in [0.25, 0.3) is 0 Å². The highest BCUT2D eigenvalue weighted by atomic mass is 79.9. The first kappa shape index (κ1) is 13.8. The molecule has 0 amide bonds. The van der Waals surface area contributed by atoms with E-state index in [1.54, 1.807) is 6.07 Å². The highest BCUT2D eigenvalue weighted by Crippen LogP contribution is 2.46. The second-order valence-electron chi connectivity index (χ2n) is 3.59. The number of hydrogen-bond donors (Lipinski definition) is 0. The summed E-state index contributed by atoms with van der Waals surface area (Å²) < 4.78 is 38.9. The Labute approximate surface area is 118 Å². The van der Waals surface area contributed by atoms with Gasteiger partial charge in [-0.05, 0) is 22.0 Å². The molecular formula is C10H10BrClO5S. The third-order valence-corrected chi connectivity index (χ3v) is 4.04. The lowest BCUT2D eigenvalue weighted by molar-refractivity contribution is 0.169. The summed E-state index contributed by atoms with van der Waals surface area (Å²) in [7, 11) is 3.03. The van der Waals surface area contributed by atoms with Crippen LogP contribution in [0.15, 0.2) is 10.5 Å². The summed E-state index contributed by atoms with van der Waals surface area (Å²) in [4.78, 5) is 0. The van der Waals surface area contributed by atoms with Crippen LogP contribution in [0.1, 0.15) is 5.56 Å². The summed E-state index contributed by atoms with van der Waals surface area (Å²) in [5.74, 6) is 1.02. The van der Waals surface area contributed by atoms with Crippen molar-refractivity contribution in [1.82, 2.24) is 0 Å². The number of benzene rings is 1. The molecule has 0 aliphatic carbocycles. The largest absolute Gasteiger partial charge is 0.495 e. The summed E-state index contributed by atoms with van der Waals surface area (Å²) in [6.07, 6.45) is 0. The Balaban J connectivity index is 2.55. The van der Waals surface area contributed by atoms with Crippen LogP contribution in [-0.4, -0.2) is 28.7 Å². The summed E-state index contributed by atoms with van der Waals surface area (Å²) in [6, 6.07) is 1.57. The van der Waals surface area contributed by atoms with Crippen molar-refractivity contribution < 1.29 is 22.6 Å². The molecule has 0 radical (unpaired) electrons. The van der Waals surface area contributed by atoms with E-state index in [4.69, 9.17) is 24.9 Å². The molecule has 0 aromatic heterocycles. The molecular weight excluding hydrogens is 348 g/mol. The Morgan fingerprint density at radius 2 is 2.11 bits per heavy atom. The monoisotopic (exact) mass is 356 g/mol. The number of fused-ring (bicyclic) bond motifs is 1. The van der Waals surface area contributed by atoms with Crippen LogP contribution >= 0.6 is 26.6 Å². The van der Waals surface area contributed by atoms with Crippen LogP contribution in [0.3, 0.4) is 0 Å². The van der Waals surface area contributed by atoms with E-state index in [0.717, 1.165) is 0 Å². The average molecular weight is 358 g/mol. The minimum atomic E-state index is -3.68. The lowest BCUT2D eigenvalue weighted by atomic mass is 10.2. The first-order valence-corrected chi connectivity index (χ1v) is 8.27. The van der Waals surface area contributed by atoms with Gasteiger partial charge in [0.15, 0.2) is 11.5 Å². The minimum Gasteiger partial charge on any atom is -0.495 e. The van der Waals surface area contributed by atoms with Gasteiger partial charge in [-0.25, -0.2) is 8.42 Å². The molecule has 0 saturated heterocycles. The predicted molar refractivity (Wildman–Crippen MR) is 70.2 cm³/mol. The van der Waals surface area contributed by atoms with Crippen molar-refractivity contribution in [3.8, 4) is 17.2 Å². The Bertz CT molecular complexity index is 572. The molecule has 0 N–H and O–H groups in total. The van der Waals surface area contributed by atoms with Crippen molar-refractivity contribution in [2.75, 3.05) is 20.3 Å². The second kappa shape index (κ2) is 5.14. The van der Waals surface area contributed by atoms with Crippen LogP contribution in [0.5, 0.6) is 17.2 Å². The third-order valence-electron chi connectivity index (χ3n) is 2.34. The summed E-state index contributed by atoms with van der Waals surface area (Å²) in [5, 5.41) is 0. The van der Waals surface area contributed by atoms with Gasteiger partial charge in [-0.15, -0.1) is 0 Å². The fraction of sp³-hybridized carbons (Fsp3) is 0.400. The Morgan fingerprint density at radius 1 is 1.44 bits per heavy atom. The Morgan fingerprint density at radius 3 is 2.72 bits per heavy atom. The smallest absolute Gasteiger partial charge is 0.236 e. The quantitative estimate of drug-likeness (QED) is 0.777. The molecule has 5 nitrogen and oxygen atoms in total. The van der Waals surface area contributed by atoms with E-state index in [9.17, 15) is 8.42 Å². The maximum atomic E-state index is 11.2. The fourth-order valence-electron chi connectivity index (χ4n) is 1.69. The highest BCUT2D eigenvalue weighted by molar-refractivity contribution is 9.10. The lowest BCUT2D eigenvalue weighted by Crippen LogP contribution is -2.16. The zero-order chi connectivity index (χ0) is 13.3. The molecule has 1 aliphatic heterocycles. The molecule has 1 aromatic rings. The van der Waals surface area contributed by atoms with E-state index in [2.05, 4.69) is 15.9 Å². The van der Waals surface area contributed by atoms with Gasteiger partial charge in [0.05, 0.1) is 12.9 Å². The molecule has 0 fully saturated rings. The molecule has 1 aliphatic rings. The molecule has 0 saturated carbocycles. The molecule has 0 atom stereocenters. The summed E-state index contributed by atoms with van der Waals surface area (Å²) in [6.45, 7) is 0.848. The van der Waals surface area contributed by atoms with E-state index in [0.29, 0.717) is 40.5 Å². The number of hydrogen-bond acceptors (Lipinski definition) is 5. The van der Waals surface area contributed by atoms with Crippen LogP contribution in [0.2, 0.25) is 0 Å². The minimum absolute atomic E-state index is 0.340. The van der Waals surface area contributed by atoms with Gasteiger partial charge in [0.2, 0.25) is 9.05 Å². The second-order valence-corrected chi connectivity index (χ2v) is 7.16. The number of ether oxygens (including phenoxy) is 3. The number of methoxy groups -OCH3 is 1. The molecule has 100 valence electrons. The zero-order valence-electron chi connectivity index (χ0n) is 9.40. The fourth-order valence-corrected chi connectivity index (χ4v) is 3.36. The van der Waals surface area contributed by atoms with Crippen molar-refractivity contribution in [1.29, 1.82) is 0 Å². The SMILES string of the molecule is COc1c(CS(=O)(=O)Cl)cc2c(c1Br)OCCO2. The van der Waals surface area contributed by atoms with Crippen molar-refractivity contribution >= 4 is 35.7 Å². The molecule has 1 aromatic carbocycles.